The Kier molecular flexibility index (Phi) is 4.43. The summed E-state index contributed by atoms with van der Waals surface area (Å²) in [5, 5.41) is 15.2. The first-order valence-electron chi connectivity index (χ1n) is 6.90. The molecule has 1 fully saturated rings. The molecule has 1 saturated carbocycles. The van der Waals surface area contributed by atoms with Gasteiger partial charge in [-0.05, 0) is 29.9 Å². The van der Waals surface area contributed by atoms with Crippen LogP contribution in [0.5, 0.6) is 0 Å². The van der Waals surface area contributed by atoms with Gasteiger partial charge < -0.3 is 16.3 Å². The molecule has 1 aromatic rings. The molecule has 0 radical (unpaired) electrons. The molecule has 0 bridgehead atoms. The maximum Gasteiger partial charge on any atom is 0.170 e. The average Bonchev–Trinajstić information content (AvgIpc) is 2.85. The largest absolute Gasteiger partial charge is 0.409 e. The maximum absolute atomic E-state index is 8.68. The zero-order chi connectivity index (χ0) is 13.7. The Morgan fingerprint density at radius 3 is 2.84 bits per heavy atom. The fourth-order valence-corrected chi connectivity index (χ4v) is 2.81. The Hall–Kier alpha value is -1.55. The van der Waals surface area contributed by atoms with Crippen molar-refractivity contribution in [3.05, 3.63) is 35.4 Å². The van der Waals surface area contributed by atoms with E-state index >= 15 is 0 Å². The monoisotopic (exact) mass is 261 g/mol. The summed E-state index contributed by atoms with van der Waals surface area (Å²) in [6.07, 6.45) is 5.36. The summed E-state index contributed by atoms with van der Waals surface area (Å²) in [7, 11) is 0. The van der Waals surface area contributed by atoms with Gasteiger partial charge in [0.2, 0.25) is 0 Å². The number of rotatable bonds is 5. The first-order chi connectivity index (χ1) is 9.13. The molecule has 0 amide bonds. The molecule has 0 atom stereocenters. The average molecular weight is 261 g/mol. The van der Waals surface area contributed by atoms with Crippen LogP contribution >= 0.6 is 0 Å². The van der Waals surface area contributed by atoms with Gasteiger partial charge in [0.15, 0.2) is 5.84 Å². The number of benzene rings is 1. The predicted octanol–water partition coefficient (Wildman–Crippen LogP) is 2.45. The maximum atomic E-state index is 8.68. The molecule has 0 spiro atoms. The molecule has 0 unspecified atom stereocenters. The minimum Gasteiger partial charge on any atom is -0.409 e. The second kappa shape index (κ2) is 6.06. The van der Waals surface area contributed by atoms with Crippen LogP contribution in [0.4, 0.5) is 0 Å². The van der Waals surface area contributed by atoms with Gasteiger partial charge in [-0.2, -0.15) is 0 Å². The van der Waals surface area contributed by atoms with E-state index in [-0.39, 0.29) is 5.84 Å². The van der Waals surface area contributed by atoms with E-state index in [0.717, 1.165) is 24.2 Å². The molecule has 0 aromatic heterocycles. The molecule has 1 aliphatic rings. The van der Waals surface area contributed by atoms with E-state index in [9.17, 15) is 0 Å². The smallest absolute Gasteiger partial charge is 0.170 e. The Bertz CT molecular complexity index is 450. The van der Waals surface area contributed by atoms with Gasteiger partial charge in [0.1, 0.15) is 0 Å². The van der Waals surface area contributed by atoms with Crippen LogP contribution in [0.3, 0.4) is 0 Å². The fraction of sp³-hybridized carbons (Fsp3) is 0.533. The molecule has 0 heterocycles. The predicted molar refractivity (Wildman–Crippen MR) is 77.2 cm³/mol. The Morgan fingerprint density at radius 1 is 1.42 bits per heavy atom. The molecule has 2 rings (SSSR count). The highest BCUT2D eigenvalue weighted by molar-refractivity contribution is 5.97. The molecule has 0 aliphatic heterocycles. The van der Waals surface area contributed by atoms with Gasteiger partial charge in [0.05, 0.1) is 0 Å². The zero-order valence-corrected chi connectivity index (χ0v) is 11.5. The summed E-state index contributed by atoms with van der Waals surface area (Å²) in [4.78, 5) is 0. The van der Waals surface area contributed by atoms with Crippen molar-refractivity contribution in [2.24, 2.45) is 16.3 Å². The van der Waals surface area contributed by atoms with Crippen molar-refractivity contribution in [1.82, 2.24) is 5.32 Å². The summed E-state index contributed by atoms with van der Waals surface area (Å²) >= 11 is 0. The Morgan fingerprint density at radius 2 is 2.16 bits per heavy atom. The van der Waals surface area contributed by atoms with Crippen LogP contribution < -0.4 is 11.1 Å². The molecule has 4 nitrogen and oxygen atoms in total. The van der Waals surface area contributed by atoms with Crippen molar-refractivity contribution in [1.29, 1.82) is 0 Å². The van der Waals surface area contributed by atoms with E-state index in [4.69, 9.17) is 10.9 Å². The number of hydrogen-bond donors (Lipinski definition) is 3. The van der Waals surface area contributed by atoms with E-state index in [1.54, 1.807) is 0 Å². The topological polar surface area (TPSA) is 70.6 Å². The number of oxime groups is 1. The normalized spacial score (nSPS) is 18.7. The summed E-state index contributed by atoms with van der Waals surface area (Å²) in [5.74, 6) is 0.157. The minimum atomic E-state index is 0.157. The number of amidine groups is 1. The third-order valence-electron chi connectivity index (χ3n) is 4.02. The standard InChI is InChI=1S/C15H23N3O/c1-15(7-2-3-8-15)11-17-10-12-5-4-6-13(9-12)14(16)18-19/h4-6,9,17,19H,2-3,7-8,10-11H2,1H3,(H2,16,18). The number of hydrogen-bond acceptors (Lipinski definition) is 3. The highest BCUT2D eigenvalue weighted by Gasteiger charge is 2.27. The lowest BCUT2D eigenvalue weighted by Crippen LogP contribution is -2.29. The number of nitrogens with one attached hydrogen (secondary N) is 1. The van der Waals surface area contributed by atoms with E-state index < -0.39 is 0 Å². The van der Waals surface area contributed by atoms with Crippen LogP contribution in [0.1, 0.15) is 43.7 Å². The lowest BCUT2D eigenvalue weighted by atomic mass is 9.89. The van der Waals surface area contributed by atoms with Crippen LogP contribution in [-0.4, -0.2) is 17.6 Å². The lowest BCUT2D eigenvalue weighted by Gasteiger charge is -2.23. The van der Waals surface area contributed by atoms with Crippen molar-refractivity contribution in [3.8, 4) is 0 Å². The summed E-state index contributed by atoms with van der Waals surface area (Å²) < 4.78 is 0. The first kappa shape index (κ1) is 13.9. The number of nitrogens with two attached hydrogens (primary N) is 1. The van der Waals surface area contributed by atoms with Crippen molar-refractivity contribution < 1.29 is 5.21 Å². The second-order valence-corrected chi connectivity index (χ2v) is 5.81. The van der Waals surface area contributed by atoms with Gasteiger partial charge in [0.25, 0.3) is 0 Å². The van der Waals surface area contributed by atoms with Crippen molar-refractivity contribution in [3.63, 3.8) is 0 Å². The Labute approximate surface area is 114 Å². The summed E-state index contributed by atoms with van der Waals surface area (Å²) in [5.41, 5.74) is 7.97. The Balaban J connectivity index is 1.89. The fourth-order valence-electron chi connectivity index (χ4n) is 2.81. The summed E-state index contributed by atoms with van der Waals surface area (Å²) in [6, 6.07) is 7.79. The molecule has 1 aromatic carbocycles. The molecular formula is C15H23N3O. The SMILES string of the molecule is CC1(CNCc2cccc(C(N)=NO)c2)CCCC1. The quantitative estimate of drug-likeness (QED) is 0.330. The van der Waals surface area contributed by atoms with E-state index in [0.29, 0.717) is 5.41 Å². The third-order valence-corrected chi connectivity index (χ3v) is 4.02. The molecule has 1 aliphatic carbocycles. The van der Waals surface area contributed by atoms with E-state index in [1.165, 1.54) is 25.7 Å². The van der Waals surface area contributed by atoms with Gasteiger partial charge in [-0.3, -0.25) is 0 Å². The van der Waals surface area contributed by atoms with Crippen LogP contribution in [0.25, 0.3) is 0 Å². The van der Waals surface area contributed by atoms with Crippen LogP contribution in [0, 0.1) is 5.41 Å². The van der Waals surface area contributed by atoms with Crippen LogP contribution in [0.15, 0.2) is 29.4 Å². The van der Waals surface area contributed by atoms with Gasteiger partial charge in [-0.15, -0.1) is 0 Å². The highest BCUT2D eigenvalue weighted by Crippen LogP contribution is 2.36. The van der Waals surface area contributed by atoms with Crippen molar-refractivity contribution in [2.45, 2.75) is 39.2 Å². The lowest BCUT2D eigenvalue weighted by molar-refractivity contribution is 0.314. The van der Waals surface area contributed by atoms with Gasteiger partial charge in [-0.1, -0.05) is 43.1 Å². The molecule has 0 saturated heterocycles. The molecule has 19 heavy (non-hydrogen) atoms. The molecular weight excluding hydrogens is 238 g/mol. The van der Waals surface area contributed by atoms with Gasteiger partial charge >= 0.3 is 0 Å². The number of nitrogens with zero attached hydrogens (tertiary/aromatic N) is 1. The van der Waals surface area contributed by atoms with Gasteiger partial charge in [-0.25, -0.2) is 0 Å². The van der Waals surface area contributed by atoms with Crippen molar-refractivity contribution >= 4 is 5.84 Å². The minimum absolute atomic E-state index is 0.157. The van der Waals surface area contributed by atoms with E-state index in [2.05, 4.69) is 23.5 Å². The zero-order valence-electron chi connectivity index (χ0n) is 11.5. The second-order valence-electron chi connectivity index (χ2n) is 5.81. The van der Waals surface area contributed by atoms with Crippen LogP contribution in [-0.2, 0) is 6.54 Å². The van der Waals surface area contributed by atoms with Gasteiger partial charge in [0, 0.05) is 18.7 Å². The highest BCUT2D eigenvalue weighted by atomic mass is 16.4. The van der Waals surface area contributed by atoms with E-state index in [1.807, 2.05) is 18.2 Å². The van der Waals surface area contributed by atoms with Crippen LogP contribution in [0.2, 0.25) is 0 Å². The first-order valence-corrected chi connectivity index (χ1v) is 6.90. The summed E-state index contributed by atoms with van der Waals surface area (Å²) in [6.45, 7) is 4.24. The molecule has 4 N–H and O–H groups in total. The van der Waals surface area contributed by atoms with Crippen molar-refractivity contribution in [2.75, 3.05) is 6.54 Å². The molecule has 4 heteroatoms. The molecule has 104 valence electrons. The third kappa shape index (κ3) is 3.70.